The van der Waals surface area contributed by atoms with Crippen LogP contribution in [0, 0.1) is 6.07 Å². The number of aromatic hydroxyl groups is 1. The molecule has 0 aliphatic rings. The summed E-state index contributed by atoms with van der Waals surface area (Å²) in [6.45, 7) is 0. The van der Waals surface area contributed by atoms with E-state index in [9.17, 15) is 13.2 Å². The van der Waals surface area contributed by atoms with Crippen LogP contribution in [-0.4, -0.2) is 11.5 Å². The van der Waals surface area contributed by atoms with Crippen LogP contribution in [0.1, 0.15) is 0 Å². The molecule has 0 heterocycles. The Bertz CT molecular complexity index is 270. The fourth-order valence-corrected chi connectivity index (χ4v) is 0.631. The van der Waals surface area contributed by atoms with Gasteiger partial charge in [0.1, 0.15) is 11.5 Å². The molecule has 1 rings (SSSR count). The van der Waals surface area contributed by atoms with Gasteiger partial charge >= 0.3 is 6.36 Å². The highest BCUT2D eigenvalue weighted by Crippen LogP contribution is 2.24. The SMILES string of the molecule is Oc1[c]ccc(OC(F)(F)F)c1. The van der Waals surface area contributed by atoms with Gasteiger partial charge in [-0.25, -0.2) is 0 Å². The standard InChI is InChI=1S/C7H4F3O2/c8-7(9,10)12-6-3-1-2-5(11)4-6/h1,3-4,11H. The van der Waals surface area contributed by atoms with Gasteiger partial charge in [0.25, 0.3) is 0 Å². The maximum atomic E-state index is 11.6. The monoisotopic (exact) mass is 177 g/mol. The molecule has 0 fully saturated rings. The summed E-state index contributed by atoms with van der Waals surface area (Å²) in [5.74, 6) is -0.851. The molecule has 0 amide bonds. The molecular weight excluding hydrogens is 173 g/mol. The van der Waals surface area contributed by atoms with Crippen molar-refractivity contribution in [3.8, 4) is 11.5 Å². The molecule has 2 nitrogen and oxygen atoms in total. The van der Waals surface area contributed by atoms with E-state index in [0.29, 0.717) is 0 Å². The van der Waals surface area contributed by atoms with E-state index < -0.39 is 17.9 Å². The number of alkyl halides is 3. The molecule has 65 valence electrons. The lowest BCUT2D eigenvalue weighted by Gasteiger charge is -2.07. The molecule has 0 bridgehead atoms. The molecule has 12 heavy (non-hydrogen) atoms. The van der Waals surface area contributed by atoms with Crippen molar-refractivity contribution in [2.24, 2.45) is 0 Å². The van der Waals surface area contributed by atoms with Crippen LogP contribution in [0.5, 0.6) is 11.5 Å². The van der Waals surface area contributed by atoms with Crippen LogP contribution >= 0.6 is 0 Å². The van der Waals surface area contributed by atoms with Gasteiger partial charge < -0.3 is 9.84 Å². The van der Waals surface area contributed by atoms with E-state index in [1.54, 1.807) is 0 Å². The van der Waals surface area contributed by atoms with Gasteiger partial charge in [0.15, 0.2) is 0 Å². The second-order valence-corrected chi connectivity index (χ2v) is 1.96. The number of rotatable bonds is 1. The summed E-state index contributed by atoms with van der Waals surface area (Å²) in [4.78, 5) is 0. The van der Waals surface area contributed by atoms with Crippen molar-refractivity contribution in [1.29, 1.82) is 0 Å². The number of hydrogen-bond acceptors (Lipinski definition) is 2. The quantitative estimate of drug-likeness (QED) is 0.711. The van der Waals surface area contributed by atoms with E-state index in [1.165, 1.54) is 0 Å². The van der Waals surface area contributed by atoms with Crippen LogP contribution in [0.25, 0.3) is 0 Å². The molecule has 0 aliphatic carbocycles. The first-order valence-electron chi connectivity index (χ1n) is 2.94. The Balaban J connectivity index is 2.77. The Morgan fingerprint density at radius 3 is 2.58 bits per heavy atom. The van der Waals surface area contributed by atoms with E-state index in [-0.39, 0.29) is 0 Å². The summed E-state index contributed by atoms with van der Waals surface area (Å²) in [6, 6.07) is 5.28. The molecule has 5 heteroatoms. The first kappa shape index (κ1) is 8.70. The first-order chi connectivity index (χ1) is 5.47. The Kier molecular flexibility index (Phi) is 2.12. The Labute approximate surface area is 66.2 Å². The first-order valence-corrected chi connectivity index (χ1v) is 2.94. The minimum atomic E-state index is -4.73. The lowest BCUT2D eigenvalue weighted by atomic mass is 10.3. The zero-order valence-corrected chi connectivity index (χ0v) is 5.72. The van der Waals surface area contributed by atoms with Crippen molar-refractivity contribution < 1.29 is 23.0 Å². The van der Waals surface area contributed by atoms with Crippen molar-refractivity contribution in [2.45, 2.75) is 6.36 Å². The Hall–Kier alpha value is -1.39. The van der Waals surface area contributed by atoms with Crippen LogP contribution in [0.4, 0.5) is 13.2 Å². The van der Waals surface area contributed by atoms with Gasteiger partial charge in [-0.1, -0.05) is 0 Å². The molecule has 1 N–H and O–H groups in total. The van der Waals surface area contributed by atoms with Crippen LogP contribution in [0.3, 0.4) is 0 Å². The van der Waals surface area contributed by atoms with Crippen LogP contribution in [0.2, 0.25) is 0 Å². The van der Waals surface area contributed by atoms with Gasteiger partial charge in [-0.05, 0) is 12.1 Å². The van der Waals surface area contributed by atoms with Gasteiger partial charge in [0, 0.05) is 12.1 Å². The molecule has 1 aromatic carbocycles. The molecule has 0 atom stereocenters. The molecular formula is C7H4F3O2. The molecule has 0 aliphatic heterocycles. The third kappa shape index (κ3) is 2.69. The highest BCUT2D eigenvalue weighted by molar-refractivity contribution is 5.30. The van der Waals surface area contributed by atoms with Crippen LogP contribution < -0.4 is 4.74 Å². The van der Waals surface area contributed by atoms with Crippen LogP contribution in [0.15, 0.2) is 18.2 Å². The summed E-state index contributed by atoms with van der Waals surface area (Å²) in [7, 11) is 0. The van der Waals surface area contributed by atoms with Crippen molar-refractivity contribution in [3.05, 3.63) is 24.3 Å². The zero-order valence-electron chi connectivity index (χ0n) is 5.72. The van der Waals surface area contributed by atoms with Gasteiger partial charge in [-0.15, -0.1) is 13.2 Å². The molecule has 0 saturated carbocycles. The van der Waals surface area contributed by atoms with Crippen molar-refractivity contribution in [2.75, 3.05) is 0 Å². The predicted molar refractivity (Wildman–Crippen MR) is 33.6 cm³/mol. The number of phenols is 1. The summed E-state index contributed by atoms with van der Waals surface area (Å²) >= 11 is 0. The minimum absolute atomic E-state index is 0.392. The van der Waals surface area contributed by atoms with Crippen molar-refractivity contribution in [3.63, 3.8) is 0 Å². The number of phenolic OH excluding ortho intramolecular Hbond substituents is 1. The molecule has 1 radical (unpaired) electrons. The predicted octanol–water partition coefficient (Wildman–Crippen LogP) is 2.09. The van der Waals surface area contributed by atoms with E-state index in [4.69, 9.17) is 5.11 Å². The molecule has 0 unspecified atom stereocenters. The summed E-state index contributed by atoms with van der Waals surface area (Å²) < 4.78 is 38.2. The lowest BCUT2D eigenvalue weighted by Crippen LogP contribution is -2.16. The maximum absolute atomic E-state index is 11.6. The highest BCUT2D eigenvalue weighted by Gasteiger charge is 2.31. The second-order valence-electron chi connectivity index (χ2n) is 1.96. The van der Waals surface area contributed by atoms with Gasteiger partial charge in [0.05, 0.1) is 0 Å². The third-order valence-corrected chi connectivity index (χ3v) is 0.991. The van der Waals surface area contributed by atoms with E-state index >= 15 is 0 Å². The number of hydrogen-bond donors (Lipinski definition) is 1. The van der Waals surface area contributed by atoms with Gasteiger partial charge in [-0.2, -0.15) is 0 Å². The zero-order chi connectivity index (χ0) is 9.19. The average Bonchev–Trinajstić information content (AvgIpc) is 1.82. The van der Waals surface area contributed by atoms with Crippen molar-refractivity contribution in [1.82, 2.24) is 0 Å². The summed E-state index contributed by atoms with van der Waals surface area (Å²) in [5.41, 5.74) is 0. The molecule has 0 aromatic heterocycles. The van der Waals surface area contributed by atoms with Crippen LogP contribution in [-0.2, 0) is 0 Å². The smallest absolute Gasteiger partial charge is 0.507 e. The highest BCUT2D eigenvalue weighted by atomic mass is 19.4. The van der Waals surface area contributed by atoms with E-state index in [1.807, 2.05) is 0 Å². The summed E-state index contributed by atoms with van der Waals surface area (Å²) in [5, 5.41) is 8.71. The minimum Gasteiger partial charge on any atom is -0.507 e. The van der Waals surface area contributed by atoms with Crippen molar-refractivity contribution >= 4 is 0 Å². The maximum Gasteiger partial charge on any atom is 0.573 e. The number of ether oxygens (including phenoxy) is 1. The number of benzene rings is 1. The molecule has 0 spiro atoms. The topological polar surface area (TPSA) is 29.5 Å². The summed E-state index contributed by atoms with van der Waals surface area (Å²) in [6.07, 6.45) is -4.73. The fourth-order valence-electron chi connectivity index (χ4n) is 0.631. The third-order valence-electron chi connectivity index (χ3n) is 0.991. The second kappa shape index (κ2) is 2.92. The van der Waals surface area contributed by atoms with E-state index in [2.05, 4.69) is 10.8 Å². The largest absolute Gasteiger partial charge is 0.573 e. The normalized spacial score (nSPS) is 11.2. The lowest BCUT2D eigenvalue weighted by molar-refractivity contribution is -0.274. The van der Waals surface area contributed by atoms with E-state index in [0.717, 1.165) is 18.2 Å². The number of halogens is 3. The molecule has 0 saturated heterocycles. The Morgan fingerprint density at radius 2 is 2.08 bits per heavy atom. The fraction of sp³-hybridized carbons (Fsp3) is 0.143. The van der Waals surface area contributed by atoms with Gasteiger partial charge in [0.2, 0.25) is 0 Å². The Morgan fingerprint density at radius 1 is 1.42 bits per heavy atom. The molecule has 1 aromatic rings. The van der Waals surface area contributed by atoms with Gasteiger partial charge in [-0.3, -0.25) is 0 Å². The average molecular weight is 177 g/mol.